The Kier molecular flexibility index (Phi) is 4.40. The van der Waals surface area contributed by atoms with Crippen LogP contribution < -0.4 is 10.2 Å². The molecule has 2 aliphatic rings. The largest absolute Gasteiger partial charge is 0.393 e. The number of hydrogen-bond acceptors (Lipinski definition) is 4. The maximum absolute atomic E-state index is 13.1. The molecule has 0 saturated heterocycles. The van der Waals surface area contributed by atoms with E-state index < -0.39 is 0 Å². The number of anilines is 2. The molecule has 1 aliphatic heterocycles. The van der Waals surface area contributed by atoms with Crippen LogP contribution in [-0.2, 0) is 6.42 Å². The third-order valence-corrected chi connectivity index (χ3v) is 5.32. The van der Waals surface area contributed by atoms with E-state index in [4.69, 9.17) is 0 Å². The fraction of sp³-hybridized carbons (Fsp3) is 0.400. The van der Waals surface area contributed by atoms with Crippen molar-refractivity contribution in [1.82, 2.24) is 4.98 Å². The molecule has 5 heteroatoms. The molecule has 2 heterocycles. The van der Waals surface area contributed by atoms with Crippen molar-refractivity contribution in [1.29, 1.82) is 0 Å². The summed E-state index contributed by atoms with van der Waals surface area (Å²) in [6, 6.07) is 11.7. The predicted octanol–water partition coefficient (Wildman–Crippen LogP) is 2.86. The van der Waals surface area contributed by atoms with Crippen molar-refractivity contribution in [3.05, 3.63) is 53.7 Å². The van der Waals surface area contributed by atoms with Crippen LogP contribution >= 0.6 is 0 Å². The quantitative estimate of drug-likeness (QED) is 0.900. The van der Waals surface area contributed by atoms with Crippen LogP contribution in [0.4, 0.5) is 11.5 Å². The van der Waals surface area contributed by atoms with Crippen molar-refractivity contribution in [2.24, 2.45) is 5.92 Å². The second kappa shape index (κ2) is 6.84. The fourth-order valence-corrected chi connectivity index (χ4v) is 3.90. The summed E-state index contributed by atoms with van der Waals surface area (Å²) in [5.74, 6) is 0.820. The Balaban J connectivity index is 1.53. The normalized spacial score (nSPS) is 22.0. The van der Waals surface area contributed by atoms with Gasteiger partial charge in [0, 0.05) is 30.9 Å². The summed E-state index contributed by atoms with van der Waals surface area (Å²) in [5, 5.41) is 13.3. The molecule has 2 unspecified atom stereocenters. The van der Waals surface area contributed by atoms with Gasteiger partial charge in [0.2, 0.25) is 0 Å². The molecule has 2 N–H and O–H groups in total. The van der Waals surface area contributed by atoms with Crippen LogP contribution in [0.1, 0.15) is 35.2 Å². The lowest BCUT2D eigenvalue weighted by Crippen LogP contribution is -2.30. The smallest absolute Gasteiger partial charge is 0.262 e. The first-order valence-corrected chi connectivity index (χ1v) is 9.01. The number of nitrogens with zero attached hydrogens (tertiary/aromatic N) is 2. The van der Waals surface area contributed by atoms with Crippen molar-refractivity contribution in [2.45, 2.75) is 31.8 Å². The summed E-state index contributed by atoms with van der Waals surface area (Å²) in [6.45, 7) is 1.35. The number of amides is 1. The molecule has 2 atom stereocenters. The van der Waals surface area contributed by atoms with Gasteiger partial charge in [-0.2, -0.15) is 0 Å². The van der Waals surface area contributed by atoms with Gasteiger partial charge in [-0.3, -0.25) is 4.79 Å². The molecule has 1 aliphatic carbocycles. The zero-order chi connectivity index (χ0) is 17.2. The topological polar surface area (TPSA) is 65.5 Å². The highest BCUT2D eigenvalue weighted by Crippen LogP contribution is 2.30. The van der Waals surface area contributed by atoms with E-state index in [1.54, 1.807) is 12.3 Å². The number of nitrogens with one attached hydrogen (secondary N) is 1. The number of aliphatic hydroxyl groups excluding tert-OH is 1. The Bertz CT molecular complexity index is 777. The van der Waals surface area contributed by atoms with Gasteiger partial charge in [-0.1, -0.05) is 24.6 Å². The molecule has 1 fully saturated rings. The van der Waals surface area contributed by atoms with E-state index in [0.717, 1.165) is 31.4 Å². The molecule has 0 spiro atoms. The van der Waals surface area contributed by atoms with Crippen molar-refractivity contribution in [2.75, 3.05) is 23.3 Å². The minimum Gasteiger partial charge on any atom is -0.393 e. The van der Waals surface area contributed by atoms with E-state index >= 15 is 0 Å². The van der Waals surface area contributed by atoms with Crippen LogP contribution in [0.2, 0.25) is 0 Å². The van der Waals surface area contributed by atoms with Gasteiger partial charge in [0.05, 0.1) is 11.7 Å². The maximum Gasteiger partial charge on any atom is 0.262 e. The van der Waals surface area contributed by atoms with E-state index in [1.165, 1.54) is 5.56 Å². The highest BCUT2D eigenvalue weighted by atomic mass is 16.3. The molecule has 1 saturated carbocycles. The maximum atomic E-state index is 13.1. The summed E-state index contributed by atoms with van der Waals surface area (Å²) >= 11 is 0. The molecule has 1 aromatic heterocycles. The van der Waals surface area contributed by atoms with Gasteiger partial charge < -0.3 is 15.3 Å². The third-order valence-electron chi connectivity index (χ3n) is 5.32. The zero-order valence-electron chi connectivity index (χ0n) is 14.2. The highest BCUT2D eigenvalue weighted by Gasteiger charge is 2.28. The average molecular weight is 337 g/mol. The zero-order valence-corrected chi connectivity index (χ0v) is 14.2. The Hall–Kier alpha value is -2.40. The van der Waals surface area contributed by atoms with Gasteiger partial charge >= 0.3 is 0 Å². The Morgan fingerprint density at radius 3 is 2.96 bits per heavy atom. The number of fused-ring (bicyclic) bond motifs is 1. The highest BCUT2D eigenvalue weighted by molar-refractivity contribution is 6.10. The monoisotopic (exact) mass is 337 g/mol. The molecular formula is C20H23N3O2. The lowest BCUT2D eigenvalue weighted by Gasteiger charge is -2.20. The standard InChI is InChI=1S/C20H23N3O2/c24-18-9-3-6-15(18)13-22-19-16(7-4-11-21-19)20(25)23-12-10-14-5-1-2-8-17(14)23/h1-2,4-5,7-8,11,15,18,24H,3,6,9-10,12-13H2,(H,21,22). The van der Waals surface area contributed by atoms with Gasteiger partial charge in [-0.05, 0) is 43.0 Å². The lowest BCUT2D eigenvalue weighted by atomic mass is 10.1. The Labute approximate surface area is 147 Å². The van der Waals surface area contributed by atoms with Gasteiger partial charge in [0.1, 0.15) is 5.82 Å². The van der Waals surface area contributed by atoms with E-state index in [0.29, 0.717) is 24.5 Å². The molecule has 25 heavy (non-hydrogen) atoms. The van der Waals surface area contributed by atoms with Crippen LogP contribution in [0.15, 0.2) is 42.6 Å². The number of para-hydroxylation sites is 1. The van der Waals surface area contributed by atoms with E-state index in [-0.39, 0.29) is 17.9 Å². The second-order valence-electron chi connectivity index (χ2n) is 6.87. The molecule has 0 radical (unpaired) electrons. The number of aliphatic hydroxyl groups is 1. The lowest BCUT2D eigenvalue weighted by molar-refractivity contribution is 0.0990. The third kappa shape index (κ3) is 3.12. The first kappa shape index (κ1) is 16.1. The first-order valence-electron chi connectivity index (χ1n) is 9.01. The molecule has 130 valence electrons. The summed E-state index contributed by atoms with van der Waals surface area (Å²) in [7, 11) is 0. The molecule has 5 nitrogen and oxygen atoms in total. The average Bonchev–Trinajstić information content (AvgIpc) is 3.26. The predicted molar refractivity (Wildman–Crippen MR) is 97.9 cm³/mol. The molecule has 4 rings (SSSR count). The summed E-state index contributed by atoms with van der Waals surface area (Å²) in [4.78, 5) is 19.3. The van der Waals surface area contributed by atoms with Gasteiger partial charge in [0.15, 0.2) is 0 Å². The van der Waals surface area contributed by atoms with Crippen LogP contribution in [0, 0.1) is 5.92 Å². The minimum absolute atomic E-state index is 0.0208. The number of hydrogen-bond donors (Lipinski definition) is 2. The van der Waals surface area contributed by atoms with Crippen molar-refractivity contribution >= 4 is 17.4 Å². The van der Waals surface area contributed by atoms with E-state index in [9.17, 15) is 9.90 Å². The van der Waals surface area contributed by atoms with Gasteiger partial charge in [-0.25, -0.2) is 4.98 Å². The van der Waals surface area contributed by atoms with Gasteiger partial charge in [0.25, 0.3) is 5.91 Å². The van der Waals surface area contributed by atoms with Crippen molar-refractivity contribution in [3.8, 4) is 0 Å². The number of aromatic nitrogens is 1. The fourth-order valence-electron chi connectivity index (χ4n) is 3.90. The number of rotatable bonds is 4. The molecule has 0 bridgehead atoms. The number of carbonyl (C=O) groups excluding carboxylic acids is 1. The summed E-state index contributed by atoms with van der Waals surface area (Å²) in [5.41, 5.74) is 2.79. The van der Waals surface area contributed by atoms with Gasteiger partial charge in [-0.15, -0.1) is 0 Å². The summed E-state index contributed by atoms with van der Waals surface area (Å²) < 4.78 is 0. The van der Waals surface area contributed by atoms with Crippen LogP contribution in [0.3, 0.4) is 0 Å². The number of pyridine rings is 1. The minimum atomic E-state index is -0.249. The Morgan fingerprint density at radius 2 is 2.12 bits per heavy atom. The molecular weight excluding hydrogens is 314 g/mol. The van der Waals surface area contributed by atoms with Crippen LogP contribution in [-0.4, -0.2) is 35.2 Å². The SMILES string of the molecule is O=C(c1cccnc1NCC1CCCC1O)N1CCc2ccccc21. The Morgan fingerprint density at radius 1 is 1.24 bits per heavy atom. The van der Waals surface area contributed by atoms with Crippen LogP contribution in [0.25, 0.3) is 0 Å². The van der Waals surface area contributed by atoms with Crippen molar-refractivity contribution < 1.29 is 9.90 Å². The van der Waals surface area contributed by atoms with E-state index in [2.05, 4.69) is 16.4 Å². The number of benzene rings is 1. The van der Waals surface area contributed by atoms with E-state index in [1.807, 2.05) is 29.2 Å². The molecule has 1 aromatic carbocycles. The number of carbonyl (C=O) groups is 1. The molecule has 2 aromatic rings. The summed E-state index contributed by atoms with van der Waals surface area (Å²) in [6.07, 6.45) is 5.28. The van der Waals surface area contributed by atoms with Crippen molar-refractivity contribution in [3.63, 3.8) is 0 Å². The second-order valence-corrected chi connectivity index (χ2v) is 6.87. The first-order chi connectivity index (χ1) is 12.2. The molecule has 1 amide bonds. The van der Waals surface area contributed by atoms with Crippen LogP contribution in [0.5, 0.6) is 0 Å².